The molecule has 3 heterocycles. The maximum Gasteiger partial charge on any atom is 0.162 e. The first kappa shape index (κ1) is 26.3. The number of benzene rings is 2. The number of fused-ring (bicyclic) bond motifs is 1. The van der Waals surface area contributed by atoms with Crippen LogP contribution in [0.1, 0.15) is 49.8 Å². The lowest BCUT2D eigenvalue weighted by atomic mass is 9.92. The van der Waals surface area contributed by atoms with Crippen LogP contribution in [0.3, 0.4) is 0 Å². The van der Waals surface area contributed by atoms with Gasteiger partial charge in [0, 0.05) is 76.9 Å². The monoisotopic (exact) mass is 527 g/mol. The molecule has 200 valence electrons. The molecule has 1 unspecified atom stereocenters. The molecule has 2 aromatic heterocycles. The van der Waals surface area contributed by atoms with E-state index in [1.54, 1.807) is 19.3 Å². The largest absolute Gasteiger partial charge is 0.494 e. The van der Waals surface area contributed by atoms with Gasteiger partial charge in [-0.25, -0.2) is 18.7 Å². The van der Waals surface area contributed by atoms with E-state index < -0.39 is 11.6 Å². The van der Waals surface area contributed by atoms with Crippen LogP contribution in [0.5, 0.6) is 5.75 Å². The highest BCUT2D eigenvalue weighted by atomic mass is 19.1. The van der Waals surface area contributed by atoms with Gasteiger partial charge in [-0.2, -0.15) is 0 Å². The molecule has 1 aliphatic heterocycles. The predicted octanol–water partition coefficient (Wildman–Crippen LogP) is 7.09. The second kappa shape index (κ2) is 11.6. The third-order valence-electron chi connectivity index (χ3n) is 6.77. The highest BCUT2D eigenvalue weighted by Crippen LogP contribution is 2.39. The fraction of sp³-hybridized carbons (Fsp3) is 0.258. The van der Waals surface area contributed by atoms with Crippen LogP contribution in [0.25, 0.3) is 5.57 Å². The third-order valence-corrected chi connectivity index (χ3v) is 6.77. The molecule has 8 heteroatoms. The van der Waals surface area contributed by atoms with Crippen LogP contribution in [-0.4, -0.2) is 27.6 Å². The first-order valence-corrected chi connectivity index (χ1v) is 13.2. The van der Waals surface area contributed by atoms with E-state index in [-0.39, 0.29) is 23.9 Å². The normalized spacial score (nSPS) is 14.5. The zero-order chi connectivity index (χ0) is 27.4. The highest BCUT2D eigenvalue weighted by molar-refractivity contribution is 5.87. The molecule has 0 amide bonds. The van der Waals surface area contributed by atoms with Crippen molar-refractivity contribution in [2.24, 2.45) is 0 Å². The van der Waals surface area contributed by atoms with Gasteiger partial charge in [0.25, 0.3) is 0 Å². The van der Waals surface area contributed by atoms with Crippen molar-refractivity contribution < 1.29 is 13.5 Å². The SMILES string of the molecule is CCOc1cc(F)c(CN2c3ccccc3C(c3nc(CC)cc(Nc4ccncc4)n3)=CC2CC)c(F)c1. The number of nitrogens with one attached hydrogen (secondary N) is 1. The summed E-state index contributed by atoms with van der Waals surface area (Å²) < 4.78 is 35.4. The number of aromatic nitrogens is 3. The standard InChI is InChI=1S/C31H31F2N5O/c1-4-20-15-30(35-21-11-13-34-14-12-21)37-31(36-20)25-16-22(5-2)38(29-10-8-7-9-24(25)29)19-26-27(32)17-23(39-6-3)18-28(26)33/h7-18,22H,4-6,19H2,1-3H3,(H,34,35,36,37). The molecule has 0 aliphatic carbocycles. The molecular formula is C31H31F2N5O. The van der Waals surface area contributed by atoms with Gasteiger partial charge in [-0.15, -0.1) is 0 Å². The molecule has 0 saturated heterocycles. The van der Waals surface area contributed by atoms with Crippen LogP contribution in [0.2, 0.25) is 0 Å². The summed E-state index contributed by atoms with van der Waals surface area (Å²) in [4.78, 5) is 15.9. The van der Waals surface area contributed by atoms with E-state index in [2.05, 4.69) is 30.2 Å². The zero-order valence-corrected chi connectivity index (χ0v) is 22.3. The van der Waals surface area contributed by atoms with Crippen LogP contribution in [0.4, 0.5) is 26.0 Å². The van der Waals surface area contributed by atoms with Crippen molar-refractivity contribution >= 4 is 22.8 Å². The molecule has 0 fully saturated rings. The summed E-state index contributed by atoms with van der Waals surface area (Å²) in [6, 6.07) is 16.0. The number of aryl methyl sites for hydroxylation is 1. The van der Waals surface area contributed by atoms with Crippen LogP contribution < -0.4 is 15.0 Å². The van der Waals surface area contributed by atoms with Gasteiger partial charge in [-0.3, -0.25) is 4.98 Å². The van der Waals surface area contributed by atoms with E-state index in [9.17, 15) is 0 Å². The molecule has 6 nitrogen and oxygen atoms in total. The summed E-state index contributed by atoms with van der Waals surface area (Å²) in [6.45, 7) is 6.31. The van der Waals surface area contributed by atoms with Crippen molar-refractivity contribution in [1.82, 2.24) is 15.0 Å². The van der Waals surface area contributed by atoms with Gasteiger partial charge in [-0.05, 0) is 38.0 Å². The average Bonchev–Trinajstić information content (AvgIpc) is 2.95. The summed E-state index contributed by atoms with van der Waals surface area (Å²) >= 11 is 0. The van der Waals surface area contributed by atoms with Crippen LogP contribution in [-0.2, 0) is 13.0 Å². The average molecular weight is 528 g/mol. The Balaban J connectivity index is 1.55. The number of nitrogens with zero attached hydrogens (tertiary/aromatic N) is 4. The number of ether oxygens (including phenoxy) is 1. The minimum atomic E-state index is -0.619. The lowest BCUT2D eigenvalue weighted by Gasteiger charge is -2.37. The van der Waals surface area contributed by atoms with Gasteiger partial charge in [0.2, 0.25) is 0 Å². The van der Waals surface area contributed by atoms with Crippen molar-refractivity contribution in [3.8, 4) is 5.75 Å². The van der Waals surface area contributed by atoms with Gasteiger partial charge in [0.05, 0.1) is 6.61 Å². The molecule has 39 heavy (non-hydrogen) atoms. The van der Waals surface area contributed by atoms with E-state index in [4.69, 9.17) is 14.7 Å². The van der Waals surface area contributed by atoms with E-state index in [1.165, 1.54) is 12.1 Å². The number of hydrogen-bond donors (Lipinski definition) is 1. The van der Waals surface area contributed by atoms with Gasteiger partial charge < -0.3 is 15.0 Å². The lowest BCUT2D eigenvalue weighted by molar-refractivity contribution is 0.335. The minimum Gasteiger partial charge on any atom is -0.494 e. The van der Waals surface area contributed by atoms with E-state index in [0.29, 0.717) is 18.2 Å². The van der Waals surface area contributed by atoms with Gasteiger partial charge in [-0.1, -0.05) is 38.1 Å². The molecule has 1 atom stereocenters. The smallest absolute Gasteiger partial charge is 0.162 e. The number of hydrogen-bond acceptors (Lipinski definition) is 6. The van der Waals surface area contributed by atoms with Crippen molar-refractivity contribution in [2.45, 2.75) is 46.2 Å². The van der Waals surface area contributed by atoms with Crippen LogP contribution >= 0.6 is 0 Å². The number of anilines is 3. The molecule has 1 aliphatic rings. The molecule has 5 rings (SSSR count). The van der Waals surface area contributed by atoms with Crippen LogP contribution in [0, 0.1) is 11.6 Å². The second-order valence-corrected chi connectivity index (χ2v) is 9.28. The highest BCUT2D eigenvalue weighted by Gasteiger charge is 2.29. The van der Waals surface area contributed by atoms with Crippen molar-refractivity contribution in [2.75, 3.05) is 16.8 Å². The van der Waals surface area contributed by atoms with E-state index >= 15 is 8.78 Å². The Bertz CT molecular complexity index is 1470. The summed E-state index contributed by atoms with van der Waals surface area (Å²) in [5.41, 5.74) is 4.49. The Hall–Kier alpha value is -4.33. The maximum atomic E-state index is 15.1. The molecule has 0 saturated carbocycles. The van der Waals surface area contributed by atoms with Gasteiger partial charge in [0.1, 0.15) is 23.2 Å². The Kier molecular flexibility index (Phi) is 7.81. The molecule has 0 radical (unpaired) electrons. The van der Waals surface area contributed by atoms with Gasteiger partial charge in [0.15, 0.2) is 5.82 Å². The fourth-order valence-corrected chi connectivity index (χ4v) is 4.84. The molecule has 2 aromatic carbocycles. The number of pyridine rings is 1. The maximum absolute atomic E-state index is 15.1. The minimum absolute atomic E-state index is 0.0108. The predicted molar refractivity (Wildman–Crippen MR) is 150 cm³/mol. The Labute approximate surface area is 227 Å². The quantitative estimate of drug-likeness (QED) is 0.251. The Morgan fingerprint density at radius 3 is 2.38 bits per heavy atom. The van der Waals surface area contributed by atoms with Crippen molar-refractivity contribution in [3.63, 3.8) is 0 Å². The third kappa shape index (κ3) is 5.60. The Morgan fingerprint density at radius 1 is 0.949 bits per heavy atom. The zero-order valence-electron chi connectivity index (χ0n) is 22.3. The van der Waals surface area contributed by atoms with Crippen LogP contribution in [0.15, 0.2) is 73.1 Å². The number of halogens is 2. The van der Waals surface area contributed by atoms with E-state index in [0.717, 1.165) is 41.0 Å². The molecule has 0 bridgehead atoms. The molecule has 0 spiro atoms. The number of rotatable bonds is 9. The summed E-state index contributed by atoms with van der Waals surface area (Å²) in [5, 5.41) is 3.35. The summed E-state index contributed by atoms with van der Waals surface area (Å²) in [6.07, 6.45) is 7.03. The topological polar surface area (TPSA) is 63.2 Å². The lowest BCUT2D eigenvalue weighted by Crippen LogP contribution is -2.37. The summed E-state index contributed by atoms with van der Waals surface area (Å²) in [5.74, 6) is 0.247. The first-order chi connectivity index (χ1) is 19.0. The van der Waals surface area contributed by atoms with Crippen molar-refractivity contribution in [3.05, 3.63) is 107 Å². The number of para-hydroxylation sites is 1. The van der Waals surface area contributed by atoms with Crippen molar-refractivity contribution in [1.29, 1.82) is 0 Å². The molecular weight excluding hydrogens is 496 g/mol. The van der Waals surface area contributed by atoms with Gasteiger partial charge >= 0.3 is 0 Å². The molecule has 1 N–H and O–H groups in total. The molecule has 4 aromatic rings. The fourth-order valence-electron chi connectivity index (χ4n) is 4.84. The first-order valence-electron chi connectivity index (χ1n) is 13.2. The summed E-state index contributed by atoms with van der Waals surface area (Å²) in [7, 11) is 0. The van der Waals surface area contributed by atoms with E-state index in [1.807, 2.05) is 47.4 Å². The second-order valence-electron chi connectivity index (χ2n) is 9.28. The Morgan fingerprint density at radius 2 is 1.69 bits per heavy atom.